The molecule has 1 aromatic carbocycles. The minimum absolute atomic E-state index is 0.0371. The van der Waals surface area contributed by atoms with Gasteiger partial charge in [0.15, 0.2) is 0 Å². The van der Waals surface area contributed by atoms with Crippen molar-refractivity contribution in [2.75, 3.05) is 11.9 Å². The van der Waals surface area contributed by atoms with Gasteiger partial charge in [-0.05, 0) is 30.9 Å². The Morgan fingerprint density at radius 1 is 1.11 bits per heavy atom. The number of aromatic hydroxyl groups is 2. The Kier molecular flexibility index (Phi) is 6.50. The maximum atomic E-state index is 12.7. The molecule has 1 atom stereocenters. The number of para-hydroxylation sites is 1. The van der Waals surface area contributed by atoms with Crippen LogP contribution in [0.5, 0.6) is 11.8 Å². The number of hydrogen-bond acceptors (Lipinski definition) is 5. The lowest BCUT2D eigenvalue weighted by Crippen LogP contribution is -2.34. The number of nitrogens with zero attached hydrogens (tertiary/aromatic N) is 2. The fraction of sp³-hybridized carbons (Fsp3) is 0.400. The van der Waals surface area contributed by atoms with Gasteiger partial charge in [-0.25, -0.2) is 4.79 Å². The van der Waals surface area contributed by atoms with E-state index < -0.39 is 23.6 Å². The minimum Gasteiger partial charge on any atom is -0.492 e. The average molecular weight is 374 g/mol. The first-order valence-electron chi connectivity index (χ1n) is 8.84. The van der Waals surface area contributed by atoms with Gasteiger partial charge in [-0.2, -0.15) is 0 Å². The van der Waals surface area contributed by atoms with E-state index in [-0.39, 0.29) is 18.2 Å². The molecule has 0 saturated carbocycles. The summed E-state index contributed by atoms with van der Waals surface area (Å²) in [6.45, 7) is 5.80. The summed E-state index contributed by atoms with van der Waals surface area (Å²) in [6.07, 6.45) is 0.402. The summed E-state index contributed by atoms with van der Waals surface area (Å²) in [5.41, 5.74) is 1.73. The van der Waals surface area contributed by atoms with Crippen LogP contribution in [0.15, 0.2) is 36.4 Å². The second-order valence-electron chi connectivity index (χ2n) is 7.02. The topological polar surface area (TPSA) is 92.0 Å². The Morgan fingerprint density at radius 3 is 2.26 bits per heavy atom. The molecule has 0 aliphatic rings. The zero-order valence-corrected chi connectivity index (χ0v) is 16.0. The van der Waals surface area contributed by atoms with Crippen molar-refractivity contribution in [2.45, 2.75) is 33.6 Å². The molecule has 0 spiro atoms. The van der Waals surface area contributed by atoms with Crippen molar-refractivity contribution in [3.05, 3.63) is 42.0 Å². The summed E-state index contributed by atoms with van der Waals surface area (Å²) < 4.78 is 0.644. The number of carbonyl (C=O) groups is 2. The predicted molar refractivity (Wildman–Crippen MR) is 101 cm³/mol. The lowest BCUT2D eigenvalue weighted by molar-refractivity contribution is -0.152. The lowest BCUT2D eigenvalue weighted by atomic mass is 9.93. The van der Waals surface area contributed by atoms with E-state index in [2.05, 4.69) is 0 Å². The molecule has 2 rings (SSSR count). The Bertz CT molecular complexity index is 793. The highest BCUT2D eigenvalue weighted by molar-refractivity contribution is 5.95. The molecule has 0 bridgehead atoms. The number of anilines is 1. The van der Waals surface area contributed by atoms with E-state index in [4.69, 9.17) is 4.84 Å². The van der Waals surface area contributed by atoms with Gasteiger partial charge in [-0.1, -0.05) is 32.0 Å². The summed E-state index contributed by atoms with van der Waals surface area (Å²) in [5, 5.41) is 19.3. The lowest BCUT2D eigenvalue weighted by Gasteiger charge is -2.23. The summed E-state index contributed by atoms with van der Waals surface area (Å²) in [4.78, 5) is 31.9. The van der Waals surface area contributed by atoms with Crippen LogP contribution in [0.2, 0.25) is 0 Å². The van der Waals surface area contributed by atoms with Crippen molar-refractivity contribution in [2.24, 2.45) is 11.8 Å². The van der Waals surface area contributed by atoms with Gasteiger partial charge in [0.25, 0.3) is 0 Å². The van der Waals surface area contributed by atoms with E-state index in [9.17, 15) is 19.8 Å². The van der Waals surface area contributed by atoms with Crippen LogP contribution in [0.25, 0.3) is 0 Å². The smallest absolute Gasteiger partial charge is 0.336 e. The summed E-state index contributed by atoms with van der Waals surface area (Å²) >= 11 is 0. The van der Waals surface area contributed by atoms with Crippen LogP contribution in [-0.2, 0) is 9.59 Å². The van der Waals surface area contributed by atoms with Crippen LogP contribution in [0.4, 0.5) is 5.69 Å². The molecule has 2 aromatic rings. The van der Waals surface area contributed by atoms with Crippen molar-refractivity contribution in [3.8, 4) is 11.8 Å². The molecular weight excluding hydrogens is 348 g/mol. The standard InChI is InChI=1S/C20H26N2O5/c1-13(2)11-15(20(26)27-22-17(23)9-10-18(22)24)12-19(25)21(4)16-8-6-5-7-14(16)3/h5-10,13,15,23-24H,11-12H2,1-4H3. The molecule has 1 heterocycles. The van der Waals surface area contributed by atoms with E-state index in [0.29, 0.717) is 11.2 Å². The summed E-state index contributed by atoms with van der Waals surface area (Å²) in [6, 6.07) is 9.92. The van der Waals surface area contributed by atoms with E-state index in [0.717, 1.165) is 11.3 Å². The number of carbonyl (C=O) groups excluding carboxylic acids is 2. The number of benzene rings is 1. The molecule has 0 radical (unpaired) electrons. The molecule has 0 aliphatic heterocycles. The highest BCUT2D eigenvalue weighted by atomic mass is 16.7. The predicted octanol–water partition coefficient (Wildman–Crippen LogP) is 2.88. The van der Waals surface area contributed by atoms with Gasteiger partial charge >= 0.3 is 5.97 Å². The first-order chi connectivity index (χ1) is 12.7. The third kappa shape index (κ3) is 5.03. The number of amides is 1. The van der Waals surface area contributed by atoms with Gasteiger partial charge in [-0.15, -0.1) is 4.73 Å². The van der Waals surface area contributed by atoms with Crippen LogP contribution < -0.4 is 9.74 Å². The fourth-order valence-corrected chi connectivity index (χ4v) is 2.91. The Morgan fingerprint density at radius 2 is 1.70 bits per heavy atom. The summed E-state index contributed by atoms with van der Waals surface area (Å²) in [7, 11) is 1.67. The van der Waals surface area contributed by atoms with Crippen molar-refractivity contribution >= 4 is 17.6 Å². The molecule has 7 heteroatoms. The molecule has 7 nitrogen and oxygen atoms in total. The van der Waals surface area contributed by atoms with E-state index in [1.807, 2.05) is 45.0 Å². The van der Waals surface area contributed by atoms with Crippen LogP contribution in [0, 0.1) is 18.8 Å². The SMILES string of the molecule is Cc1ccccc1N(C)C(=O)CC(CC(C)C)C(=O)On1c(O)ccc1O. The molecule has 0 fully saturated rings. The number of hydrogen-bond donors (Lipinski definition) is 2. The van der Waals surface area contributed by atoms with Crippen molar-refractivity contribution < 1.29 is 24.6 Å². The molecule has 2 N–H and O–H groups in total. The van der Waals surface area contributed by atoms with Crippen LogP contribution >= 0.6 is 0 Å². The first kappa shape index (κ1) is 20.4. The van der Waals surface area contributed by atoms with Crippen LogP contribution in [0.1, 0.15) is 32.3 Å². The third-order valence-corrected chi connectivity index (χ3v) is 4.34. The van der Waals surface area contributed by atoms with Gasteiger partial charge in [0.2, 0.25) is 17.7 Å². The maximum absolute atomic E-state index is 12.7. The zero-order valence-electron chi connectivity index (χ0n) is 16.0. The molecule has 0 saturated heterocycles. The highest BCUT2D eigenvalue weighted by Crippen LogP contribution is 2.24. The maximum Gasteiger partial charge on any atom is 0.336 e. The van der Waals surface area contributed by atoms with E-state index in [1.165, 1.54) is 17.0 Å². The molecule has 146 valence electrons. The second-order valence-corrected chi connectivity index (χ2v) is 7.02. The molecular formula is C20H26N2O5. The Labute approximate surface area is 158 Å². The Hall–Kier alpha value is -2.96. The molecule has 1 aromatic heterocycles. The highest BCUT2D eigenvalue weighted by Gasteiger charge is 2.28. The van der Waals surface area contributed by atoms with E-state index >= 15 is 0 Å². The summed E-state index contributed by atoms with van der Waals surface area (Å²) in [5.74, 6) is -2.24. The van der Waals surface area contributed by atoms with E-state index in [1.54, 1.807) is 7.05 Å². The van der Waals surface area contributed by atoms with Gasteiger partial charge < -0.3 is 20.0 Å². The van der Waals surface area contributed by atoms with Crippen molar-refractivity contribution in [3.63, 3.8) is 0 Å². The van der Waals surface area contributed by atoms with Crippen molar-refractivity contribution in [1.82, 2.24) is 4.73 Å². The first-order valence-corrected chi connectivity index (χ1v) is 8.84. The van der Waals surface area contributed by atoms with Gasteiger partial charge in [0.1, 0.15) is 0 Å². The average Bonchev–Trinajstić information content (AvgIpc) is 2.92. The normalized spacial score (nSPS) is 12.0. The Balaban J connectivity index is 2.14. The minimum atomic E-state index is -0.704. The van der Waals surface area contributed by atoms with Crippen LogP contribution in [0.3, 0.4) is 0 Å². The molecule has 27 heavy (non-hydrogen) atoms. The largest absolute Gasteiger partial charge is 0.492 e. The van der Waals surface area contributed by atoms with Gasteiger partial charge in [-0.3, -0.25) is 4.79 Å². The van der Waals surface area contributed by atoms with Crippen LogP contribution in [-0.4, -0.2) is 33.9 Å². The number of rotatable bonds is 7. The van der Waals surface area contributed by atoms with Crippen molar-refractivity contribution in [1.29, 1.82) is 0 Å². The quantitative estimate of drug-likeness (QED) is 0.777. The second kappa shape index (κ2) is 8.62. The number of aryl methyl sites for hydroxylation is 1. The zero-order chi connectivity index (χ0) is 20.1. The fourth-order valence-electron chi connectivity index (χ4n) is 2.91. The molecule has 1 amide bonds. The monoisotopic (exact) mass is 374 g/mol. The molecule has 0 aliphatic carbocycles. The van der Waals surface area contributed by atoms with Gasteiger partial charge in [0.05, 0.1) is 5.92 Å². The molecule has 1 unspecified atom stereocenters. The third-order valence-electron chi connectivity index (χ3n) is 4.34. The number of aromatic nitrogens is 1. The van der Waals surface area contributed by atoms with Gasteiger partial charge in [0, 0.05) is 31.3 Å².